The van der Waals surface area contributed by atoms with Crippen LogP contribution < -0.4 is 11.1 Å². The molecule has 0 aromatic heterocycles. The molecule has 0 heterocycles. The van der Waals surface area contributed by atoms with Gasteiger partial charge in [0.05, 0.1) is 11.8 Å². The number of hydrogen-bond acceptors (Lipinski definition) is 3. The zero-order chi connectivity index (χ0) is 14.0. The van der Waals surface area contributed by atoms with E-state index in [1.54, 1.807) is 0 Å². The van der Waals surface area contributed by atoms with Crippen LogP contribution in [-0.4, -0.2) is 17.3 Å². The van der Waals surface area contributed by atoms with Crippen molar-refractivity contribution in [3.05, 3.63) is 26.6 Å². The summed E-state index contributed by atoms with van der Waals surface area (Å²) in [6.07, 6.45) is 3.26. The Labute approximate surface area is 126 Å². The quantitative estimate of drug-likeness (QED) is 0.558. The lowest BCUT2D eigenvalue weighted by atomic mass is 9.93. The van der Waals surface area contributed by atoms with Crippen molar-refractivity contribution in [3.8, 4) is 0 Å². The second-order valence-electron chi connectivity index (χ2n) is 4.71. The Hall–Kier alpha value is -0.100. The van der Waals surface area contributed by atoms with Gasteiger partial charge in [-0.2, -0.15) is 0 Å². The van der Waals surface area contributed by atoms with E-state index in [0.717, 1.165) is 40.2 Å². The minimum absolute atomic E-state index is 0.174. The van der Waals surface area contributed by atoms with Crippen LogP contribution in [0.5, 0.6) is 0 Å². The van der Waals surface area contributed by atoms with Gasteiger partial charge in [0.1, 0.15) is 0 Å². The summed E-state index contributed by atoms with van der Waals surface area (Å²) >= 11 is 6.82. The molecule has 1 unspecified atom stereocenters. The van der Waals surface area contributed by atoms with Crippen molar-refractivity contribution in [1.29, 1.82) is 0 Å². The number of halogens is 2. The molecule has 0 bridgehead atoms. The number of nitrogens with one attached hydrogen (secondary N) is 1. The van der Waals surface area contributed by atoms with E-state index in [4.69, 9.17) is 7.10 Å². The number of hydrogen-bond donors (Lipinski definition) is 3. The van der Waals surface area contributed by atoms with Crippen LogP contribution in [0.15, 0.2) is 21.1 Å². The van der Waals surface area contributed by atoms with E-state index < -0.39 is 6.52 Å². The summed E-state index contributed by atoms with van der Waals surface area (Å²) in [4.78, 5) is 0. The monoisotopic (exact) mass is 378 g/mol. The van der Waals surface area contributed by atoms with Gasteiger partial charge in [-0.15, -0.1) is 0 Å². The highest BCUT2D eigenvalue weighted by Gasteiger charge is 2.19. The number of benzene rings is 1. The van der Waals surface area contributed by atoms with Crippen molar-refractivity contribution in [2.75, 3.05) is 5.73 Å². The van der Waals surface area contributed by atoms with Gasteiger partial charge in [0.2, 0.25) is 0 Å². The highest BCUT2D eigenvalue weighted by molar-refractivity contribution is 9.11. The lowest BCUT2D eigenvalue weighted by Crippen LogP contribution is -2.34. The summed E-state index contributed by atoms with van der Waals surface area (Å²) in [5.74, 6) is 0. The fourth-order valence-electron chi connectivity index (χ4n) is 2.17. The molecule has 1 atom stereocenters. The molecular weight excluding hydrogens is 361 g/mol. The molecule has 0 amide bonds. The van der Waals surface area contributed by atoms with Crippen LogP contribution in [0.3, 0.4) is 0 Å². The smallest absolute Gasteiger partial charge is 0.0541 e. The van der Waals surface area contributed by atoms with Crippen LogP contribution in [0.1, 0.15) is 32.6 Å². The first-order valence-corrected chi connectivity index (χ1v) is 7.66. The van der Waals surface area contributed by atoms with Gasteiger partial charge < -0.3 is 16.2 Å². The highest BCUT2D eigenvalue weighted by Crippen LogP contribution is 2.28. The first kappa shape index (κ1) is 12.9. The standard InChI is InChI=1S/C13H18Br2N2O/c14-9-5-8(13(16)12(15)6-9)7-17-10-1-3-11(18)4-2-10/h5-6,10-11,17-18H,1-4,7,16H2/i7+1D. The zero-order valence-corrected chi connectivity index (χ0v) is 13.2. The van der Waals surface area contributed by atoms with Gasteiger partial charge in [-0.25, -0.2) is 0 Å². The van der Waals surface area contributed by atoms with Crippen LogP contribution in [0.2, 0.25) is 0 Å². The van der Waals surface area contributed by atoms with Crippen LogP contribution in [0.25, 0.3) is 0 Å². The molecule has 3 nitrogen and oxygen atoms in total. The molecule has 18 heavy (non-hydrogen) atoms. The van der Waals surface area contributed by atoms with Crippen LogP contribution >= 0.6 is 31.9 Å². The maximum Gasteiger partial charge on any atom is 0.0541 e. The number of rotatable bonds is 3. The Morgan fingerprint density at radius 2 is 2.00 bits per heavy atom. The van der Waals surface area contributed by atoms with Gasteiger partial charge in [-0.1, -0.05) is 15.9 Å². The van der Waals surface area contributed by atoms with E-state index >= 15 is 0 Å². The number of aliphatic hydroxyl groups excluding tert-OH is 1. The highest BCUT2D eigenvalue weighted by atomic mass is 79.9. The predicted octanol–water partition coefficient (Wildman–Crippen LogP) is 3.19. The molecule has 0 spiro atoms. The molecule has 1 fully saturated rings. The van der Waals surface area contributed by atoms with E-state index in [0.29, 0.717) is 5.69 Å². The lowest BCUT2D eigenvalue weighted by Gasteiger charge is -2.26. The molecule has 0 radical (unpaired) electrons. The second kappa shape index (κ2) is 6.37. The van der Waals surface area contributed by atoms with Crippen molar-refractivity contribution in [2.24, 2.45) is 0 Å². The van der Waals surface area contributed by atoms with E-state index in [1.165, 1.54) is 0 Å². The van der Waals surface area contributed by atoms with Crippen LogP contribution in [0.4, 0.5) is 5.69 Å². The molecular formula is C13H18Br2N2O. The summed E-state index contributed by atoms with van der Waals surface area (Å²) < 4.78 is 9.94. The summed E-state index contributed by atoms with van der Waals surface area (Å²) in [5, 5.41) is 12.8. The largest absolute Gasteiger partial charge is 0.398 e. The number of aliphatic hydroxyl groups is 1. The van der Waals surface area contributed by atoms with Crippen molar-refractivity contribution < 1.29 is 6.48 Å². The lowest BCUT2D eigenvalue weighted by molar-refractivity contribution is 0.116. The van der Waals surface area contributed by atoms with E-state index in [9.17, 15) is 5.11 Å². The number of anilines is 1. The fourth-order valence-corrected chi connectivity index (χ4v) is 3.43. The summed E-state index contributed by atoms with van der Waals surface area (Å²) in [5.41, 5.74) is 7.39. The summed E-state index contributed by atoms with van der Waals surface area (Å²) in [6.45, 7) is -0.547. The minimum Gasteiger partial charge on any atom is -0.398 e. The van der Waals surface area contributed by atoms with Gasteiger partial charge in [0, 0.05) is 22.9 Å². The van der Waals surface area contributed by atoms with Gasteiger partial charge in [0.15, 0.2) is 0 Å². The predicted molar refractivity (Wildman–Crippen MR) is 81.4 cm³/mol. The normalized spacial score (nSPS) is 26.7. The Bertz CT molecular complexity index is 451. The minimum atomic E-state index is -0.547. The SMILES string of the molecule is [2H][13CH](NC1CCC(O)CC1)c1cc(Br)cc(Br)c1N. The van der Waals surface area contributed by atoms with Gasteiger partial charge in [0.25, 0.3) is 0 Å². The Morgan fingerprint density at radius 3 is 2.67 bits per heavy atom. The maximum atomic E-state index is 9.49. The molecule has 1 aromatic carbocycles. The molecule has 4 N–H and O–H groups in total. The topological polar surface area (TPSA) is 58.3 Å². The van der Waals surface area contributed by atoms with Crippen molar-refractivity contribution in [1.82, 2.24) is 5.32 Å². The maximum absolute atomic E-state index is 9.49. The van der Waals surface area contributed by atoms with Crippen molar-refractivity contribution >= 4 is 37.5 Å². The van der Waals surface area contributed by atoms with E-state index in [-0.39, 0.29) is 12.1 Å². The molecule has 2 rings (SSSR count). The van der Waals surface area contributed by atoms with Crippen LogP contribution in [0, 0.1) is 0 Å². The van der Waals surface area contributed by atoms with Crippen molar-refractivity contribution in [2.45, 2.75) is 44.3 Å². The average molecular weight is 380 g/mol. The summed E-state index contributed by atoms with van der Waals surface area (Å²) in [7, 11) is 0. The van der Waals surface area contributed by atoms with Gasteiger partial charge in [-0.3, -0.25) is 0 Å². The average Bonchev–Trinajstić information content (AvgIpc) is 2.36. The van der Waals surface area contributed by atoms with Gasteiger partial charge in [-0.05, 0) is 59.3 Å². The van der Waals surface area contributed by atoms with Crippen molar-refractivity contribution in [3.63, 3.8) is 0 Å². The van der Waals surface area contributed by atoms with E-state index in [2.05, 4.69) is 37.2 Å². The zero-order valence-electron chi connectivity index (χ0n) is 11.0. The molecule has 1 aliphatic rings. The molecule has 1 aromatic rings. The second-order valence-corrected chi connectivity index (χ2v) is 6.48. The molecule has 0 aliphatic heterocycles. The molecule has 1 aliphatic carbocycles. The Kier molecular flexibility index (Phi) is 4.57. The third-order valence-corrected chi connectivity index (χ3v) is 4.41. The Morgan fingerprint density at radius 1 is 1.33 bits per heavy atom. The third-order valence-electron chi connectivity index (χ3n) is 3.30. The van der Waals surface area contributed by atoms with Crippen LogP contribution in [-0.2, 0) is 6.52 Å². The van der Waals surface area contributed by atoms with E-state index in [1.807, 2.05) is 12.1 Å². The third kappa shape index (κ3) is 3.70. The number of nitrogens with two attached hydrogens (primary N) is 1. The van der Waals surface area contributed by atoms with Gasteiger partial charge >= 0.3 is 0 Å². The first-order valence-electron chi connectivity index (χ1n) is 6.66. The molecule has 100 valence electrons. The fraction of sp³-hybridized carbons (Fsp3) is 0.538. The number of nitrogen functional groups attached to an aromatic ring is 1. The molecule has 0 saturated heterocycles. The summed E-state index contributed by atoms with van der Waals surface area (Å²) in [6, 6.07) is 4.04. The molecule has 5 heteroatoms. The Balaban J connectivity index is 2.05. The first-order chi connectivity index (χ1) is 8.97. The molecule has 1 saturated carbocycles.